The van der Waals surface area contributed by atoms with Crippen LogP contribution in [0.2, 0.25) is 0 Å². The molecule has 0 heterocycles. The summed E-state index contributed by atoms with van der Waals surface area (Å²) >= 11 is 0. The number of carbonyl (C=O) groups excluding carboxylic acids is 2. The summed E-state index contributed by atoms with van der Waals surface area (Å²) in [6.07, 6.45) is 2.76. The highest BCUT2D eigenvalue weighted by Gasteiger charge is 2.56. The number of nitrogens with two attached hydrogens (primary N) is 1. The Morgan fingerprint density at radius 3 is 1.46 bits per heavy atom. The number of hydrogen-bond acceptors (Lipinski definition) is 4. The van der Waals surface area contributed by atoms with Crippen LogP contribution < -0.4 is 5.73 Å². The van der Waals surface area contributed by atoms with Gasteiger partial charge >= 0.3 is 0 Å². The van der Waals surface area contributed by atoms with Gasteiger partial charge in [-0.05, 0) is 65.2 Å². The highest BCUT2D eigenvalue weighted by atomic mass is 16.3. The molecule has 0 aromatic rings. The lowest BCUT2D eigenvalue weighted by Gasteiger charge is -2.52. The van der Waals surface area contributed by atoms with Crippen LogP contribution in [0.25, 0.3) is 0 Å². The number of carbonyl (C=O) groups is 2. The molecule has 2 atom stereocenters. The first kappa shape index (κ1) is 24.9. The Kier molecular flexibility index (Phi) is 7.74. The van der Waals surface area contributed by atoms with Crippen molar-refractivity contribution in [1.29, 1.82) is 0 Å². The van der Waals surface area contributed by atoms with Gasteiger partial charge in [-0.25, -0.2) is 0 Å². The summed E-state index contributed by atoms with van der Waals surface area (Å²) in [6, 6.07) is -1.07. The van der Waals surface area contributed by atoms with Gasteiger partial charge in [0, 0.05) is 0 Å². The van der Waals surface area contributed by atoms with Gasteiger partial charge in [0.05, 0.1) is 23.3 Å². The maximum atomic E-state index is 13.8. The lowest BCUT2D eigenvalue weighted by Crippen LogP contribution is -2.67. The van der Waals surface area contributed by atoms with Crippen LogP contribution in [-0.2, 0) is 9.59 Å². The zero-order valence-electron chi connectivity index (χ0n) is 19.1. The molecule has 1 rings (SSSR count). The molecule has 0 aromatic heterocycles. The lowest BCUT2D eigenvalue weighted by atomic mass is 9.66. The zero-order chi connectivity index (χ0) is 22.1. The Bertz CT molecular complexity index is 526. The second-order valence-electron chi connectivity index (χ2n) is 10.6. The van der Waals surface area contributed by atoms with E-state index in [1.165, 1.54) is 0 Å². The number of aliphatic hydroxyl groups is 2. The molecular weight excluding hydrogens is 356 g/mol. The lowest BCUT2D eigenvalue weighted by molar-refractivity contribution is -0.173. The van der Waals surface area contributed by atoms with Crippen LogP contribution >= 0.6 is 0 Å². The van der Waals surface area contributed by atoms with E-state index in [2.05, 4.69) is 0 Å². The molecule has 0 aliphatic heterocycles. The monoisotopic (exact) mass is 398 g/mol. The summed E-state index contributed by atoms with van der Waals surface area (Å²) in [6.45, 7) is 14.9. The Balaban J connectivity index is 3.59. The van der Waals surface area contributed by atoms with Crippen molar-refractivity contribution in [2.24, 2.45) is 23.0 Å². The third kappa shape index (κ3) is 5.47. The van der Waals surface area contributed by atoms with E-state index < -0.39 is 34.6 Å². The number of nitrogens with zero attached hydrogens (tertiary/aromatic N) is 1. The van der Waals surface area contributed by atoms with Crippen molar-refractivity contribution in [1.82, 2.24) is 4.90 Å². The summed E-state index contributed by atoms with van der Waals surface area (Å²) in [4.78, 5) is 27.7. The summed E-state index contributed by atoms with van der Waals surface area (Å²) in [5.74, 6) is -0.503. The van der Waals surface area contributed by atoms with Gasteiger partial charge in [-0.2, -0.15) is 0 Å². The van der Waals surface area contributed by atoms with Crippen LogP contribution in [0.3, 0.4) is 0 Å². The molecular formula is C22H42N2O4. The molecule has 1 aliphatic carbocycles. The standard InChI is InChI=1S/C22H42N2O4/c1-14(2)12-16(20(5,6)27)24(17(13-15(3)4)21(7,8)28)19(26)22(18(23)25)10-9-11-22/h14-17,27-28H,9-13H2,1-8H3,(H2,23,25)/t16-,17-/m1/s1. The summed E-state index contributed by atoms with van der Waals surface area (Å²) in [7, 11) is 0. The van der Waals surface area contributed by atoms with Crippen LogP contribution in [0.4, 0.5) is 0 Å². The molecule has 2 amide bonds. The second-order valence-corrected chi connectivity index (χ2v) is 10.6. The summed E-state index contributed by atoms with van der Waals surface area (Å²) in [5.41, 5.74) is 2.08. The molecule has 6 heteroatoms. The van der Waals surface area contributed by atoms with Gasteiger partial charge in [0.2, 0.25) is 11.8 Å². The third-order valence-corrected chi connectivity index (χ3v) is 6.01. The molecule has 1 saturated carbocycles. The largest absolute Gasteiger partial charge is 0.388 e. The molecule has 1 fully saturated rings. The van der Waals surface area contributed by atoms with Crippen LogP contribution in [0, 0.1) is 17.3 Å². The highest BCUT2D eigenvalue weighted by Crippen LogP contribution is 2.45. The van der Waals surface area contributed by atoms with Crippen LogP contribution in [0.5, 0.6) is 0 Å². The van der Waals surface area contributed by atoms with Crippen molar-refractivity contribution in [3.8, 4) is 0 Å². The quantitative estimate of drug-likeness (QED) is 0.492. The maximum Gasteiger partial charge on any atom is 0.238 e. The minimum absolute atomic E-state index is 0.221. The van der Waals surface area contributed by atoms with Crippen molar-refractivity contribution in [3.63, 3.8) is 0 Å². The van der Waals surface area contributed by atoms with E-state index >= 15 is 0 Å². The normalized spacial score (nSPS) is 19.3. The molecule has 0 spiro atoms. The van der Waals surface area contributed by atoms with Gasteiger partial charge in [0.15, 0.2) is 0 Å². The van der Waals surface area contributed by atoms with E-state index in [4.69, 9.17) is 5.73 Å². The van der Waals surface area contributed by atoms with Crippen molar-refractivity contribution in [3.05, 3.63) is 0 Å². The van der Waals surface area contributed by atoms with E-state index in [0.717, 1.165) is 6.42 Å². The molecule has 0 radical (unpaired) electrons. The van der Waals surface area contributed by atoms with Gasteiger partial charge in [0.25, 0.3) is 0 Å². The van der Waals surface area contributed by atoms with Crippen molar-refractivity contribution in [2.45, 2.75) is 111 Å². The second kappa shape index (κ2) is 8.70. The molecule has 0 saturated heterocycles. The fraction of sp³-hybridized carbons (Fsp3) is 0.909. The summed E-state index contributed by atoms with van der Waals surface area (Å²) < 4.78 is 0. The molecule has 164 valence electrons. The van der Waals surface area contributed by atoms with E-state index in [-0.39, 0.29) is 17.7 Å². The highest BCUT2D eigenvalue weighted by molar-refractivity contribution is 6.05. The van der Waals surface area contributed by atoms with Crippen LogP contribution in [0.15, 0.2) is 0 Å². The predicted molar refractivity (Wildman–Crippen MR) is 111 cm³/mol. The van der Waals surface area contributed by atoms with Gasteiger partial charge in [-0.15, -0.1) is 0 Å². The molecule has 1 aliphatic rings. The molecule has 6 nitrogen and oxygen atoms in total. The van der Waals surface area contributed by atoms with Gasteiger partial charge in [-0.3, -0.25) is 9.59 Å². The minimum atomic E-state index is -1.22. The fourth-order valence-corrected chi connectivity index (χ4v) is 4.22. The smallest absolute Gasteiger partial charge is 0.238 e. The maximum absolute atomic E-state index is 13.8. The van der Waals surface area contributed by atoms with Gasteiger partial charge < -0.3 is 20.8 Å². The molecule has 0 unspecified atom stereocenters. The van der Waals surface area contributed by atoms with Gasteiger partial charge in [0.1, 0.15) is 5.41 Å². The van der Waals surface area contributed by atoms with Crippen LogP contribution in [0.1, 0.15) is 87.5 Å². The molecule has 4 N–H and O–H groups in total. The first-order valence-corrected chi connectivity index (χ1v) is 10.6. The number of primary amides is 1. The van der Waals surface area contributed by atoms with E-state index in [9.17, 15) is 19.8 Å². The molecule has 0 aromatic carbocycles. The Morgan fingerprint density at radius 2 is 1.29 bits per heavy atom. The zero-order valence-corrected chi connectivity index (χ0v) is 19.1. The number of rotatable bonds is 10. The Morgan fingerprint density at radius 1 is 0.929 bits per heavy atom. The fourth-order valence-electron chi connectivity index (χ4n) is 4.22. The SMILES string of the molecule is CC(C)C[C@@H](N(C(=O)C1(C(N)=O)CCC1)[C@H](CC(C)C)C(C)(C)O)C(C)(C)O. The summed E-state index contributed by atoms with van der Waals surface area (Å²) in [5, 5.41) is 22.0. The van der Waals surface area contributed by atoms with E-state index in [1.807, 2.05) is 27.7 Å². The third-order valence-electron chi connectivity index (χ3n) is 6.01. The average Bonchev–Trinajstić information content (AvgIpc) is 2.40. The Hall–Kier alpha value is -1.14. The van der Waals surface area contributed by atoms with Crippen molar-refractivity contribution in [2.75, 3.05) is 0 Å². The number of hydrogen-bond donors (Lipinski definition) is 3. The first-order valence-electron chi connectivity index (χ1n) is 10.6. The first-order chi connectivity index (χ1) is 12.5. The predicted octanol–water partition coefficient (Wildman–Crippen LogP) is 2.84. The van der Waals surface area contributed by atoms with Crippen molar-refractivity contribution < 1.29 is 19.8 Å². The van der Waals surface area contributed by atoms with Crippen LogP contribution in [-0.4, -0.2) is 50.2 Å². The molecule has 28 heavy (non-hydrogen) atoms. The number of amides is 2. The van der Waals surface area contributed by atoms with Crippen molar-refractivity contribution >= 4 is 11.8 Å². The molecule has 0 bridgehead atoms. The Labute approximate surface area is 170 Å². The van der Waals surface area contributed by atoms with Gasteiger partial charge in [-0.1, -0.05) is 34.1 Å². The van der Waals surface area contributed by atoms with E-state index in [1.54, 1.807) is 32.6 Å². The minimum Gasteiger partial charge on any atom is -0.388 e. The topological polar surface area (TPSA) is 104 Å². The average molecular weight is 399 g/mol. The van der Waals surface area contributed by atoms with E-state index in [0.29, 0.717) is 25.7 Å².